The molecule has 0 bridgehead atoms. The Hall–Kier alpha value is -0.0400. The van der Waals surface area contributed by atoms with Gasteiger partial charge in [-0.15, -0.1) is 0 Å². The molecule has 0 radical (unpaired) electrons. The van der Waals surface area contributed by atoms with Gasteiger partial charge in [-0.2, -0.15) is 0 Å². The molecule has 9 heavy (non-hydrogen) atoms. The zero-order valence-corrected chi connectivity index (χ0v) is 6.23. The number of hydrogen-bond donors (Lipinski definition) is 0. The average Bonchev–Trinajstić information content (AvgIpc) is 1.76. The van der Waals surface area contributed by atoms with Crippen LogP contribution in [0.1, 0.15) is 39.0 Å². The second-order valence-corrected chi connectivity index (χ2v) is 2.78. The van der Waals surface area contributed by atoms with Gasteiger partial charge in [0.2, 0.25) is 0 Å². The van der Waals surface area contributed by atoms with Crippen molar-refractivity contribution in [1.29, 1.82) is 0 Å². The molecule has 0 amide bonds. The number of hydrogen-bond acceptors (Lipinski definition) is 1. The maximum Gasteiger partial charge on any atom is 0.0597 e. The molecular weight excluding hydrogens is 112 g/mol. The van der Waals surface area contributed by atoms with Crippen LogP contribution in [0.15, 0.2) is 0 Å². The highest BCUT2D eigenvalue weighted by Gasteiger charge is 2.16. The summed E-state index contributed by atoms with van der Waals surface area (Å²) in [6.45, 7) is 3.25. The minimum atomic E-state index is 0.636. The first-order valence-corrected chi connectivity index (χ1v) is 4.05. The van der Waals surface area contributed by atoms with Crippen molar-refractivity contribution in [3.63, 3.8) is 0 Å². The molecule has 1 heteroatoms. The molecule has 1 heterocycles. The molecular formula is C8H16O. The van der Waals surface area contributed by atoms with E-state index in [1.54, 1.807) is 0 Å². The molecule has 1 aliphatic heterocycles. The van der Waals surface area contributed by atoms with Gasteiger partial charge in [-0.3, -0.25) is 0 Å². The molecule has 1 unspecified atom stereocenters. The van der Waals surface area contributed by atoms with Crippen molar-refractivity contribution in [3.05, 3.63) is 0 Å². The van der Waals surface area contributed by atoms with E-state index in [0.29, 0.717) is 6.10 Å². The summed E-state index contributed by atoms with van der Waals surface area (Å²) < 4.78 is 5.28. The Balaban J connectivity index is 1.80. The summed E-state index contributed by atoms with van der Waals surface area (Å²) in [5.74, 6) is 0. The third kappa shape index (κ3) is 2.35. The molecule has 54 valence electrons. The normalized spacial score (nSPS) is 25.7. The van der Waals surface area contributed by atoms with Crippen molar-refractivity contribution >= 4 is 0 Å². The molecule has 1 fully saturated rings. The molecule has 0 aliphatic carbocycles. The Morgan fingerprint density at radius 1 is 1.44 bits per heavy atom. The molecule has 1 nitrogen and oxygen atoms in total. The lowest BCUT2D eigenvalue weighted by Crippen LogP contribution is -2.26. The third-order valence-corrected chi connectivity index (χ3v) is 1.92. The van der Waals surface area contributed by atoms with Crippen LogP contribution in [0.25, 0.3) is 0 Å². The third-order valence-electron chi connectivity index (χ3n) is 1.92. The fourth-order valence-electron chi connectivity index (χ4n) is 1.13. The van der Waals surface area contributed by atoms with Crippen molar-refractivity contribution in [2.45, 2.75) is 45.1 Å². The highest BCUT2D eigenvalue weighted by Crippen LogP contribution is 2.17. The lowest BCUT2D eigenvalue weighted by molar-refractivity contribution is -0.0555. The molecule has 0 aromatic heterocycles. The second-order valence-electron chi connectivity index (χ2n) is 2.78. The van der Waals surface area contributed by atoms with Gasteiger partial charge in [0.25, 0.3) is 0 Å². The highest BCUT2D eigenvalue weighted by atomic mass is 16.5. The monoisotopic (exact) mass is 128 g/mol. The van der Waals surface area contributed by atoms with Crippen LogP contribution in [-0.4, -0.2) is 12.7 Å². The summed E-state index contributed by atoms with van der Waals surface area (Å²) in [7, 11) is 0. The first-order valence-electron chi connectivity index (χ1n) is 4.05. The van der Waals surface area contributed by atoms with Gasteiger partial charge in [0.05, 0.1) is 6.10 Å². The highest BCUT2D eigenvalue weighted by molar-refractivity contribution is 4.65. The Kier molecular flexibility index (Phi) is 3.05. The summed E-state index contributed by atoms with van der Waals surface area (Å²) in [5, 5.41) is 0. The van der Waals surface area contributed by atoms with E-state index in [9.17, 15) is 0 Å². The molecule has 0 spiro atoms. The largest absolute Gasteiger partial charge is 0.378 e. The molecule has 0 N–H and O–H groups in total. The lowest BCUT2D eigenvalue weighted by atomic mass is 10.1. The van der Waals surface area contributed by atoms with Gasteiger partial charge in [-0.05, 0) is 12.8 Å². The standard InChI is InChI=1S/C8H16O/c1-2-3-4-5-8-6-7-9-8/h8H,2-7H2,1H3. The average molecular weight is 128 g/mol. The zero-order chi connectivity index (χ0) is 6.53. The topological polar surface area (TPSA) is 9.23 Å². The van der Waals surface area contributed by atoms with E-state index >= 15 is 0 Å². The van der Waals surface area contributed by atoms with Crippen LogP contribution in [0.4, 0.5) is 0 Å². The molecule has 0 saturated carbocycles. The lowest BCUT2D eigenvalue weighted by Gasteiger charge is -2.26. The van der Waals surface area contributed by atoms with Gasteiger partial charge >= 0.3 is 0 Å². The fraction of sp³-hybridized carbons (Fsp3) is 1.00. The first kappa shape index (κ1) is 7.07. The summed E-state index contributed by atoms with van der Waals surface area (Å²) >= 11 is 0. The minimum absolute atomic E-state index is 0.636. The number of unbranched alkanes of at least 4 members (excludes halogenated alkanes) is 2. The molecule has 1 rings (SSSR count). The van der Waals surface area contributed by atoms with Gasteiger partial charge in [-0.1, -0.05) is 26.2 Å². The van der Waals surface area contributed by atoms with Gasteiger partial charge in [0.1, 0.15) is 0 Å². The zero-order valence-electron chi connectivity index (χ0n) is 6.23. The summed E-state index contributed by atoms with van der Waals surface area (Å²) in [6.07, 6.45) is 7.31. The van der Waals surface area contributed by atoms with E-state index in [1.165, 1.54) is 32.1 Å². The van der Waals surface area contributed by atoms with Crippen LogP contribution >= 0.6 is 0 Å². The summed E-state index contributed by atoms with van der Waals surface area (Å²) in [6, 6.07) is 0. The first-order chi connectivity index (χ1) is 4.43. The van der Waals surface area contributed by atoms with Crippen molar-refractivity contribution in [2.75, 3.05) is 6.61 Å². The smallest absolute Gasteiger partial charge is 0.0597 e. The quantitative estimate of drug-likeness (QED) is 0.528. The maximum atomic E-state index is 5.28. The second kappa shape index (κ2) is 3.89. The van der Waals surface area contributed by atoms with Crippen molar-refractivity contribution in [1.82, 2.24) is 0 Å². The summed E-state index contributed by atoms with van der Waals surface area (Å²) in [4.78, 5) is 0. The maximum absolute atomic E-state index is 5.28. The molecule has 0 aromatic carbocycles. The van der Waals surface area contributed by atoms with Crippen LogP contribution < -0.4 is 0 Å². The van der Waals surface area contributed by atoms with E-state index in [0.717, 1.165) is 6.61 Å². The number of ether oxygens (including phenoxy) is 1. The predicted octanol–water partition coefficient (Wildman–Crippen LogP) is 2.36. The van der Waals surface area contributed by atoms with Gasteiger partial charge in [-0.25, -0.2) is 0 Å². The molecule has 1 saturated heterocycles. The van der Waals surface area contributed by atoms with Crippen molar-refractivity contribution in [3.8, 4) is 0 Å². The summed E-state index contributed by atoms with van der Waals surface area (Å²) in [5.41, 5.74) is 0. The van der Waals surface area contributed by atoms with Crippen LogP contribution in [0, 0.1) is 0 Å². The molecule has 1 atom stereocenters. The van der Waals surface area contributed by atoms with Gasteiger partial charge in [0, 0.05) is 6.61 Å². The van der Waals surface area contributed by atoms with E-state index < -0.39 is 0 Å². The van der Waals surface area contributed by atoms with Crippen molar-refractivity contribution in [2.24, 2.45) is 0 Å². The SMILES string of the molecule is CCCCCC1CCO1. The van der Waals surface area contributed by atoms with Crippen LogP contribution in [0.2, 0.25) is 0 Å². The van der Waals surface area contributed by atoms with E-state index in [4.69, 9.17) is 4.74 Å². The molecule has 0 aromatic rings. The van der Waals surface area contributed by atoms with E-state index in [2.05, 4.69) is 6.92 Å². The Morgan fingerprint density at radius 3 is 2.67 bits per heavy atom. The van der Waals surface area contributed by atoms with Crippen molar-refractivity contribution < 1.29 is 4.74 Å². The minimum Gasteiger partial charge on any atom is -0.378 e. The van der Waals surface area contributed by atoms with E-state index in [-0.39, 0.29) is 0 Å². The van der Waals surface area contributed by atoms with Crippen LogP contribution in [0.3, 0.4) is 0 Å². The Labute approximate surface area is 57.4 Å². The molecule has 1 aliphatic rings. The Morgan fingerprint density at radius 2 is 2.22 bits per heavy atom. The van der Waals surface area contributed by atoms with Gasteiger partial charge in [0.15, 0.2) is 0 Å². The fourth-order valence-corrected chi connectivity index (χ4v) is 1.13. The Bertz CT molecular complexity index is 67.0. The predicted molar refractivity (Wildman–Crippen MR) is 38.5 cm³/mol. The van der Waals surface area contributed by atoms with E-state index in [1.807, 2.05) is 0 Å². The van der Waals surface area contributed by atoms with Gasteiger partial charge < -0.3 is 4.74 Å². The number of rotatable bonds is 4. The van der Waals surface area contributed by atoms with Crippen LogP contribution in [0.5, 0.6) is 0 Å². The van der Waals surface area contributed by atoms with Crippen LogP contribution in [-0.2, 0) is 4.74 Å².